The lowest BCUT2D eigenvalue weighted by molar-refractivity contribution is -0.122. The van der Waals surface area contributed by atoms with E-state index in [0.717, 1.165) is 17.7 Å². The maximum atomic E-state index is 12.5. The van der Waals surface area contributed by atoms with Gasteiger partial charge < -0.3 is 10.6 Å². The molecule has 0 radical (unpaired) electrons. The predicted octanol–water partition coefficient (Wildman–Crippen LogP) is 4.45. The summed E-state index contributed by atoms with van der Waals surface area (Å²) in [6, 6.07) is 12.0. The first-order valence-corrected chi connectivity index (χ1v) is 9.41. The van der Waals surface area contributed by atoms with E-state index >= 15 is 0 Å². The third-order valence-corrected chi connectivity index (χ3v) is 4.86. The molecule has 0 spiro atoms. The highest BCUT2D eigenvalue weighted by molar-refractivity contribution is 6.35. The van der Waals surface area contributed by atoms with E-state index in [1.54, 1.807) is 37.1 Å². The normalized spacial score (nSPS) is 11.9. The third kappa shape index (κ3) is 5.96. The number of amides is 2. The topological polar surface area (TPSA) is 61.4 Å². The average Bonchev–Trinajstić information content (AvgIpc) is 2.64. The Hall–Kier alpha value is -2.08. The largest absolute Gasteiger partial charge is 0.325 e. The van der Waals surface area contributed by atoms with Crippen molar-refractivity contribution in [3.63, 3.8) is 0 Å². The molecule has 0 bridgehead atoms. The lowest BCUT2D eigenvalue weighted by atomic mass is 10.1. The second-order valence-electron chi connectivity index (χ2n) is 6.26. The number of para-hydroxylation sites is 1. The second-order valence-corrected chi connectivity index (χ2v) is 7.11. The molecule has 0 aliphatic carbocycles. The molecule has 1 unspecified atom stereocenters. The molecule has 0 aliphatic rings. The maximum Gasteiger partial charge on any atom is 0.241 e. The lowest BCUT2D eigenvalue weighted by Crippen LogP contribution is -2.43. The van der Waals surface area contributed by atoms with Crippen molar-refractivity contribution in [2.45, 2.75) is 26.3 Å². The summed E-state index contributed by atoms with van der Waals surface area (Å²) in [7, 11) is 1.72. The Morgan fingerprint density at radius 2 is 1.78 bits per heavy atom. The number of hydrogen-bond donors (Lipinski definition) is 2. The molecule has 0 fully saturated rings. The minimum Gasteiger partial charge on any atom is -0.325 e. The van der Waals surface area contributed by atoms with Gasteiger partial charge in [0.15, 0.2) is 0 Å². The van der Waals surface area contributed by atoms with Crippen LogP contribution in [-0.4, -0.2) is 36.3 Å². The van der Waals surface area contributed by atoms with Gasteiger partial charge in [-0.1, -0.05) is 48.3 Å². The summed E-state index contributed by atoms with van der Waals surface area (Å²) in [5, 5.41) is 6.52. The first-order valence-electron chi connectivity index (χ1n) is 8.65. The summed E-state index contributed by atoms with van der Waals surface area (Å²) >= 11 is 12.0. The Morgan fingerprint density at radius 3 is 2.48 bits per heavy atom. The summed E-state index contributed by atoms with van der Waals surface area (Å²) in [6.07, 6.45) is 0.825. The Bertz CT molecular complexity index is 827. The van der Waals surface area contributed by atoms with Gasteiger partial charge in [0.25, 0.3) is 0 Å². The van der Waals surface area contributed by atoms with E-state index in [4.69, 9.17) is 23.2 Å². The van der Waals surface area contributed by atoms with Crippen molar-refractivity contribution >= 4 is 46.4 Å². The zero-order valence-corrected chi connectivity index (χ0v) is 17.1. The molecule has 0 aromatic heterocycles. The van der Waals surface area contributed by atoms with Crippen molar-refractivity contribution in [3.05, 3.63) is 58.1 Å². The van der Waals surface area contributed by atoms with Crippen molar-refractivity contribution in [1.82, 2.24) is 4.90 Å². The van der Waals surface area contributed by atoms with E-state index in [0.29, 0.717) is 15.7 Å². The fraction of sp³-hybridized carbons (Fsp3) is 0.300. The fourth-order valence-electron chi connectivity index (χ4n) is 2.53. The van der Waals surface area contributed by atoms with Crippen molar-refractivity contribution in [2.75, 3.05) is 24.2 Å². The Kier molecular flexibility index (Phi) is 7.66. The molecule has 27 heavy (non-hydrogen) atoms. The monoisotopic (exact) mass is 407 g/mol. The Morgan fingerprint density at radius 1 is 1.07 bits per heavy atom. The predicted molar refractivity (Wildman–Crippen MR) is 112 cm³/mol. The molecule has 0 heterocycles. The highest BCUT2D eigenvalue weighted by Crippen LogP contribution is 2.25. The number of rotatable bonds is 7. The van der Waals surface area contributed by atoms with E-state index in [9.17, 15) is 9.59 Å². The molecule has 2 aromatic carbocycles. The van der Waals surface area contributed by atoms with E-state index in [2.05, 4.69) is 10.6 Å². The van der Waals surface area contributed by atoms with Crippen LogP contribution in [0.2, 0.25) is 10.0 Å². The van der Waals surface area contributed by atoms with Gasteiger partial charge in [0.1, 0.15) is 0 Å². The van der Waals surface area contributed by atoms with Gasteiger partial charge in [-0.15, -0.1) is 0 Å². The highest BCUT2D eigenvalue weighted by Gasteiger charge is 2.21. The van der Waals surface area contributed by atoms with Crippen molar-refractivity contribution in [3.8, 4) is 0 Å². The molecular formula is C20H23Cl2N3O2. The molecule has 7 heteroatoms. The van der Waals surface area contributed by atoms with Crippen molar-refractivity contribution < 1.29 is 9.59 Å². The molecule has 2 rings (SSSR count). The number of likely N-dealkylation sites (N-methyl/N-ethyl adjacent to an activating group) is 1. The van der Waals surface area contributed by atoms with Gasteiger partial charge in [-0.2, -0.15) is 0 Å². The third-order valence-electron chi connectivity index (χ3n) is 4.29. The van der Waals surface area contributed by atoms with Crippen LogP contribution in [0.25, 0.3) is 0 Å². The number of halogens is 2. The van der Waals surface area contributed by atoms with Gasteiger partial charge in [-0.3, -0.25) is 14.5 Å². The van der Waals surface area contributed by atoms with Crippen LogP contribution in [-0.2, 0) is 16.0 Å². The van der Waals surface area contributed by atoms with Crippen LogP contribution in [0, 0.1) is 0 Å². The van der Waals surface area contributed by atoms with Crippen LogP contribution in [0.3, 0.4) is 0 Å². The van der Waals surface area contributed by atoms with Crippen molar-refractivity contribution in [2.24, 2.45) is 0 Å². The van der Waals surface area contributed by atoms with Gasteiger partial charge in [-0.05, 0) is 50.2 Å². The van der Waals surface area contributed by atoms with Gasteiger partial charge in [0.2, 0.25) is 11.8 Å². The fourth-order valence-corrected chi connectivity index (χ4v) is 2.87. The number of anilines is 2. The summed E-state index contributed by atoms with van der Waals surface area (Å²) in [5.74, 6) is -0.456. The van der Waals surface area contributed by atoms with Crippen molar-refractivity contribution in [1.29, 1.82) is 0 Å². The molecular weight excluding hydrogens is 385 g/mol. The lowest BCUT2D eigenvalue weighted by Gasteiger charge is -2.23. The van der Waals surface area contributed by atoms with E-state index in [1.807, 2.05) is 31.2 Å². The molecule has 5 nitrogen and oxygen atoms in total. The van der Waals surface area contributed by atoms with E-state index in [1.165, 1.54) is 0 Å². The summed E-state index contributed by atoms with van der Waals surface area (Å²) < 4.78 is 0. The molecule has 2 amide bonds. The molecule has 1 atom stereocenters. The number of benzene rings is 2. The highest BCUT2D eigenvalue weighted by atomic mass is 35.5. The zero-order valence-electron chi connectivity index (χ0n) is 15.6. The smallest absolute Gasteiger partial charge is 0.241 e. The standard InChI is InChI=1S/C20H23Cl2N3O2/c1-4-14-7-5-6-8-17(14)23-19(26)12-25(3)13(2)20(27)24-18-11-15(21)9-10-16(18)22/h5-11,13H,4,12H2,1-3H3,(H,23,26)(H,24,27). The molecule has 2 aromatic rings. The Labute approximate surface area is 169 Å². The summed E-state index contributed by atoms with van der Waals surface area (Å²) in [5.41, 5.74) is 2.30. The van der Waals surface area contributed by atoms with Crippen LogP contribution in [0.4, 0.5) is 11.4 Å². The number of nitrogens with zero attached hydrogens (tertiary/aromatic N) is 1. The van der Waals surface area contributed by atoms with Gasteiger partial charge in [0.05, 0.1) is 23.3 Å². The van der Waals surface area contributed by atoms with Gasteiger partial charge in [0, 0.05) is 10.7 Å². The quantitative estimate of drug-likeness (QED) is 0.712. The number of hydrogen-bond acceptors (Lipinski definition) is 3. The minimum atomic E-state index is -0.535. The zero-order chi connectivity index (χ0) is 20.0. The molecule has 144 valence electrons. The van der Waals surface area contributed by atoms with Crippen LogP contribution in [0.15, 0.2) is 42.5 Å². The molecule has 0 saturated carbocycles. The first kappa shape index (κ1) is 21.2. The van der Waals surface area contributed by atoms with Crippen LogP contribution in [0.1, 0.15) is 19.4 Å². The van der Waals surface area contributed by atoms with Crippen LogP contribution in [0.5, 0.6) is 0 Å². The summed E-state index contributed by atoms with van der Waals surface area (Å²) in [6.45, 7) is 3.83. The first-order chi connectivity index (χ1) is 12.8. The number of carbonyl (C=O) groups excluding carboxylic acids is 2. The number of nitrogens with one attached hydrogen (secondary N) is 2. The summed E-state index contributed by atoms with van der Waals surface area (Å²) in [4.78, 5) is 26.5. The van der Waals surface area contributed by atoms with Gasteiger partial charge >= 0.3 is 0 Å². The number of aryl methyl sites for hydroxylation is 1. The molecule has 0 aliphatic heterocycles. The van der Waals surface area contributed by atoms with Crippen LogP contribution < -0.4 is 10.6 Å². The van der Waals surface area contributed by atoms with E-state index < -0.39 is 6.04 Å². The maximum absolute atomic E-state index is 12.5. The second kappa shape index (κ2) is 9.74. The average molecular weight is 408 g/mol. The van der Waals surface area contributed by atoms with E-state index in [-0.39, 0.29) is 18.4 Å². The SMILES string of the molecule is CCc1ccccc1NC(=O)CN(C)C(C)C(=O)Nc1cc(Cl)ccc1Cl. The minimum absolute atomic E-state index is 0.0793. The molecule has 2 N–H and O–H groups in total. The van der Waals surface area contributed by atoms with Crippen LogP contribution >= 0.6 is 23.2 Å². The Balaban J connectivity index is 1.95. The van der Waals surface area contributed by atoms with Gasteiger partial charge in [-0.25, -0.2) is 0 Å². The molecule has 0 saturated heterocycles. The number of carbonyl (C=O) groups is 2.